The van der Waals surface area contributed by atoms with Gasteiger partial charge in [-0.05, 0) is 20.8 Å². The van der Waals surface area contributed by atoms with Crippen molar-refractivity contribution in [1.82, 2.24) is 5.32 Å². The number of carbonyl (C=O) groups excluding carboxylic acids is 2. The van der Waals surface area contributed by atoms with E-state index in [2.05, 4.69) is 5.32 Å². The second kappa shape index (κ2) is 10.7. The van der Waals surface area contributed by atoms with Crippen LogP contribution >= 0.6 is 0 Å². The Bertz CT molecular complexity index is 655. The third kappa shape index (κ3) is 6.12. The predicted octanol–water partition coefficient (Wildman–Crippen LogP) is -3.66. The van der Waals surface area contributed by atoms with Crippen molar-refractivity contribution in [2.75, 3.05) is 13.2 Å². The summed E-state index contributed by atoms with van der Waals surface area (Å²) >= 11 is 0. The maximum Gasteiger partial charge on any atom is 0.311 e. The summed E-state index contributed by atoms with van der Waals surface area (Å²) in [5, 5.41) is 63.2. The minimum Gasteiger partial charge on any atom is -0.462 e. The maximum absolute atomic E-state index is 12.0. The molecule has 0 radical (unpaired) electrons. The van der Waals surface area contributed by atoms with Gasteiger partial charge in [-0.15, -0.1) is 0 Å². The lowest BCUT2D eigenvalue weighted by Gasteiger charge is -2.46. The molecule has 0 unspecified atom stereocenters. The Balaban J connectivity index is 2.18. The molecule has 32 heavy (non-hydrogen) atoms. The molecule has 0 saturated carbocycles. The molecule has 13 heteroatoms. The van der Waals surface area contributed by atoms with E-state index in [1.807, 2.05) is 0 Å². The van der Waals surface area contributed by atoms with Crippen LogP contribution in [0.15, 0.2) is 0 Å². The number of ether oxygens (including phenoxy) is 4. The van der Waals surface area contributed by atoms with Crippen molar-refractivity contribution >= 4 is 11.9 Å². The van der Waals surface area contributed by atoms with Gasteiger partial charge in [-0.25, -0.2) is 0 Å². The fraction of sp³-hybridized carbons (Fsp3) is 0.895. The Morgan fingerprint density at radius 2 is 1.56 bits per heavy atom. The second-order valence-electron chi connectivity index (χ2n) is 8.93. The summed E-state index contributed by atoms with van der Waals surface area (Å²) in [4.78, 5) is 23.5. The maximum atomic E-state index is 12.0. The van der Waals surface area contributed by atoms with Crippen molar-refractivity contribution in [3.63, 3.8) is 0 Å². The second-order valence-corrected chi connectivity index (χ2v) is 8.93. The van der Waals surface area contributed by atoms with E-state index in [-0.39, 0.29) is 0 Å². The van der Waals surface area contributed by atoms with Crippen LogP contribution < -0.4 is 5.32 Å². The molecule has 0 aromatic carbocycles. The third-order valence-corrected chi connectivity index (χ3v) is 5.19. The number of rotatable bonds is 6. The molecule has 7 N–H and O–H groups in total. The monoisotopic (exact) mass is 467 g/mol. The van der Waals surface area contributed by atoms with Gasteiger partial charge in [0.25, 0.3) is 0 Å². The Kier molecular flexibility index (Phi) is 8.95. The van der Waals surface area contributed by atoms with Gasteiger partial charge in [0.15, 0.2) is 12.6 Å². The molecule has 1 amide bonds. The highest BCUT2D eigenvalue weighted by Crippen LogP contribution is 2.29. The first kappa shape index (κ1) is 26.8. The SMILES string of the molecule is CC(=O)N[C@H]1[C@H](O[C@@H]2[C@@H](O)[C@H](O)O[C@H](COC(=O)C(C)(C)C)[C@@H]2O)O[C@H](CO)[C@@H](O)[C@@H]1O. The number of hydrogen-bond donors (Lipinski definition) is 7. The van der Waals surface area contributed by atoms with Gasteiger partial charge in [0.2, 0.25) is 5.91 Å². The molecule has 2 heterocycles. The first-order valence-corrected chi connectivity index (χ1v) is 10.2. The normalized spacial score (nSPS) is 40.6. The topological polar surface area (TPSA) is 204 Å². The largest absolute Gasteiger partial charge is 0.462 e. The summed E-state index contributed by atoms with van der Waals surface area (Å²) < 4.78 is 21.2. The molecule has 2 fully saturated rings. The fourth-order valence-corrected chi connectivity index (χ4v) is 3.33. The Hall–Kier alpha value is -1.42. The van der Waals surface area contributed by atoms with E-state index in [1.54, 1.807) is 20.8 Å². The van der Waals surface area contributed by atoms with E-state index < -0.39 is 91.9 Å². The van der Waals surface area contributed by atoms with Crippen LogP contribution in [-0.4, -0.2) is 117 Å². The van der Waals surface area contributed by atoms with Gasteiger partial charge in [0, 0.05) is 6.92 Å². The molecule has 2 aliphatic heterocycles. The average molecular weight is 467 g/mol. The van der Waals surface area contributed by atoms with Crippen LogP contribution in [0.4, 0.5) is 0 Å². The molecule has 0 spiro atoms. The van der Waals surface area contributed by atoms with E-state index >= 15 is 0 Å². The van der Waals surface area contributed by atoms with E-state index in [9.17, 15) is 40.2 Å². The van der Waals surface area contributed by atoms with Crippen LogP contribution in [0, 0.1) is 5.41 Å². The van der Waals surface area contributed by atoms with Crippen molar-refractivity contribution in [1.29, 1.82) is 0 Å². The van der Waals surface area contributed by atoms with E-state index in [4.69, 9.17) is 18.9 Å². The Labute approximate surface area is 184 Å². The van der Waals surface area contributed by atoms with Crippen LogP contribution in [0.2, 0.25) is 0 Å². The first-order valence-electron chi connectivity index (χ1n) is 10.2. The highest BCUT2D eigenvalue weighted by molar-refractivity contribution is 5.75. The van der Waals surface area contributed by atoms with Gasteiger partial charge in [0.05, 0.1) is 12.0 Å². The lowest BCUT2D eigenvalue weighted by atomic mass is 9.95. The zero-order valence-corrected chi connectivity index (χ0v) is 18.3. The van der Waals surface area contributed by atoms with Crippen LogP contribution in [0.3, 0.4) is 0 Å². The summed E-state index contributed by atoms with van der Waals surface area (Å²) in [6.07, 6.45) is -14.1. The first-order chi connectivity index (χ1) is 14.8. The number of hydrogen-bond acceptors (Lipinski definition) is 12. The van der Waals surface area contributed by atoms with Crippen LogP contribution in [0.1, 0.15) is 27.7 Å². The zero-order valence-electron chi connectivity index (χ0n) is 18.3. The van der Waals surface area contributed by atoms with E-state index in [0.29, 0.717) is 0 Å². The molecule has 2 rings (SSSR count). The van der Waals surface area contributed by atoms with Crippen molar-refractivity contribution in [3.8, 4) is 0 Å². The molecular weight excluding hydrogens is 434 g/mol. The fourth-order valence-electron chi connectivity index (χ4n) is 3.33. The summed E-state index contributed by atoms with van der Waals surface area (Å²) in [7, 11) is 0. The Morgan fingerprint density at radius 3 is 2.09 bits per heavy atom. The lowest BCUT2D eigenvalue weighted by molar-refractivity contribution is -0.342. The number of esters is 1. The van der Waals surface area contributed by atoms with Crippen LogP contribution in [0.5, 0.6) is 0 Å². The highest BCUT2D eigenvalue weighted by atomic mass is 16.7. The summed E-state index contributed by atoms with van der Waals surface area (Å²) in [5.74, 6) is -1.18. The van der Waals surface area contributed by atoms with Crippen molar-refractivity contribution in [2.45, 2.75) is 89.0 Å². The molecule has 186 valence electrons. The zero-order chi connectivity index (χ0) is 24.4. The molecular formula is C19H33NO12. The van der Waals surface area contributed by atoms with Crippen molar-refractivity contribution < 1.29 is 59.2 Å². The number of carbonyl (C=O) groups is 2. The Morgan fingerprint density at radius 1 is 0.938 bits per heavy atom. The minimum absolute atomic E-state index is 0.456. The molecule has 2 saturated heterocycles. The average Bonchev–Trinajstić information content (AvgIpc) is 2.70. The highest BCUT2D eigenvalue weighted by Gasteiger charge is 2.51. The summed E-state index contributed by atoms with van der Waals surface area (Å²) in [6, 6.07) is -1.33. The van der Waals surface area contributed by atoms with Crippen molar-refractivity contribution in [2.24, 2.45) is 5.41 Å². The molecule has 0 aromatic rings. The van der Waals surface area contributed by atoms with E-state index in [0.717, 1.165) is 6.92 Å². The molecule has 0 bridgehead atoms. The van der Waals surface area contributed by atoms with Gasteiger partial charge in [0.1, 0.15) is 55.4 Å². The van der Waals surface area contributed by atoms with Crippen molar-refractivity contribution in [3.05, 3.63) is 0 Å². The molecule has 10 atom stereocenters. The smallest absolute Gasteiger partial charge is 0.311 e. The van der Waals surface area contributed by atoms with Crippen LogP contribution in [0.25, 0.3) is 0 Å². The minimum atomic E-state index is -1.83. The number of aliphatic hydroxyl groups is 6. The quantitative estimate of drug-likeness (QED) is 0.189. The lowest BCUT2D eigenvalue weighted by Crippen LogP contribution is -2.67. The van der Waals surface area contributed by atoms with Gasteiger partial charge in [-0.2, -0.15) is 0 Å². The van der Waals surface area contributed by atoms with Gasteiger partial charge >= 0.3 is 5.97 Å². The predicted molar refractivity (Wildman–Crippen MR) is 104 cm³/mol. The standard InChI is InChI=1S/C19H33NO12/c1-7(22)20-10-13(25)11(23)8(5-21)31-17(10)32-15-12(24)9(30-16(27)14(15)26)6-29-18(28)19(2,3)4/h8-17,21,23-27H,5-6H2,1-4H3,(H,20,22)/t8-,9-,10-,11-,12+,13-,14-,15+,16-,17+/m1/s1. The molecule has 13 nitrogen and oxygen atoms in total. The van der Waals surface area contributed by atoms with Crippen LogP contribution in [-0.2, 0) is 28.5 Å². The molecule has 2 aliphatic rings. The number of nitrogens with one attached hydrogen (secondary N) is 1. The van der Waals surface area contributed by atoms with Gasteiger partial charge in [-0.3, -0.25) is 9.59 Å². The summed E-state index contributed by atoms with van der Waals surface area (Å²) in [5.41, 5.74) is -0.828. The molecule has 0 aliphatic carbocycles. The molecule has 0 aromatic heterocycles. The third-order valence-electron chi connectivity index (χ3n) is 5.19. The van der Waals surface area contributed by atoms with Gasteiger partial charge < -0.3 is 54.9 Å². The number of aliphatic hydroxyl groups excluding tert-OH is 6. The summed E-state index contributed by atoms with van der Waals surface area (Å²) in [6.45, 7) is 4.86. The van der Waals surface area contributed by atoms with E-state index in [1.165, 1.54) is 0 Å². The van der Waals surface area contributed by atoms with Gasteiger partial charge in [-0.1, -0.05) is 0 Å². The number of amides is 1.